The van der Waals surface area contributed by atoms with Crippen molar-refractivity contribution in [1.82, 2.24) is 4.37 Å². The molecule has 0 aliphatic heterocycles. The van der Waals surface area contributed by atoms with Crippen LogP contribution in [-0.4, -0.2) is 10.6 Å². The summed E-state index contributed by atoms with van der Waals surface area (Å²) in [5.74, 6) is 1.11. The molecule has 56 valence electrons. The number of hydrogen-bond acceptors (Lipinski definition) is 3. The molecule has 1 nitrogen and oxygen atoms in total. The zero-order valence-corrected chi connectivity index (χ0v) is 8.10. The van der Waals surface area contributed by atoms with Crippen LogP contribution in [0.5, 0.6) is 0 Å². The molecule has 0 amide bonds. The molecule has 0 unspecified atom stereocenters. The Bertz CT molecular complexity index is 198. The van der Waals surface area contributed by atoms with Gasteiger partial charge in [-0.05, 0) is 37.2 Å². The summed E-state index contributed by atoms with van der Waals surface area (Å²) < 4.78 is 4.26. The van der Waals surface area contributed by atoms with Gasteiger partial charge in [0.25, 0.3) is 0 Å². The van der Waals surface area contributed by atoms with Crippen molar-refractivity contribution in [3.8, 4) is 0 Å². The van der Waals surface area contributed by atoms with Crippen molar-refractivity contribution in [2.45, 2.75) is 19.6 Å². The zero-order valence-electron chi connectivity index (χ0n) is 6.47. The first-order chi connectivity index (χ1) is 4.75. The van der Waals surface area contributed by atoms with E-state index >= 15 is 0 Å². The second-order valence-electron chi connectivity index (χ2n) is 2.24. The predicted octanol–water partition coefficient (Wildman–Crippen LogP) is 2.62. The van der Waals surface area contributed by atoms with Crippen LogP contribution in [0.2, 0.25) is 0 Å². The van der Waals surface area contributed by atoms with Gasteiger partial charge in [0.15, 0.2) is 0 Å². The van der Waals surface area contributed by atoms with Gasteiger partial charge in [-0.1, -0.05) is 0 Å². The van der Waals surface area contributed by atoms with Crippen LogP contribution in [-0.2, 0) is 5.75 Å². The smallest absolute Gasteiger partial charge is 0.0554 e. The lowest BCUT2D eigenvalue weighted by Gasteiger charge is -1.95. The van der Waals surface area contributed by atoms with Gasteiger partial charge in [0, 0.05) is 10.6 Å². The van der Waals surface area contributed by atoms with Crippen LogP contribution < -0.4 is 0 Å². The van der Waals surface area contributed by atoms with Crippen molar-refractivity contribution in [1.29, 1.82) is 0 Å². The minimum atomic E-state index is 1.11. The summed E-state index contributed by atoms with van der Waals surface area (Å²) in [7, 11) is 0. The number of nitrogens with zero attached hydrogens (tertiary/aromatic N) is 1. The molecule has 0 atom stereocenters. The van der Waals surface area contributed by atoms with Crippen molar-refractivity contribution in [2.75, 3.05) is 6.26 Å². The number of aromatic nitrogens is 1. The molecule has 0 spiro atoms. The van der Waals surface area contributed by atoms with E-state index in [9.17, 15) is 0 Å². The van der Waals surface area contributed by atoms with Crippen LogP contribution in [0.4, 0.5) is 0 Å². The molecule has 0 aliphatic rings. The van der Waals surface area contributed by atoms with E-state index in [1.54, 1.807) is 11.5 Å². The van der Waals surface area contributed by atoms with Crippen LogP contribution >= 0.6 is 23.3 Å². The first kappa shape index (κ1) is 8.08. The Balaban J connectivity index is 2.87. The van der Waals surface area contributed by atoms with E-state index in [1.807, 2.05) is 11.8 Å². The fraction of sp³-hybridized carbons (Fsp3) is 0.571. The molecular formula is C7H11NS2. The number of thioether (sulfide) groups is 1. The molecule has 0 bridgehead atoms. The van der Waals surface area contributed by atoms with Crippen molar-refractivity contribution in [2.24, 2.45) is 0 Å². The summed E-state index contributed by atoms with van der Waals surface area (Å²) in [5, 5.41) is 0. The summed E-state index contributed by atoms with van der Waals surface area (Å²) >= 11 is 3.46. The minimum absolute atomic E-state index is 1.11. The van der Waals surface area contributed by atoms with E-state index in [1.165, 1.54) is 16.1 Å². The molecule has 0 saturated carbocycles. The van der Waals surface area contributed by atoms with Crippen molar-refractivity contribution < 1.29 is 0 Å². The van der Waals surface area contributed by atoms with Crippen LogP contribution in [0.3, 0.4) is 0 Å². The van der Waals surface area contributed by atoms with Gasteiger partial charge in [-0.3, -0.25) is 0 Å². The molecule has 1 rings (SSSR count). The maximum Gasteiger partial charge on any atom is 0.0554 e. The highest BCUT2D eigenvalue weighted by molar-refractivity contribution is 7.97. The minimum Gasteiger partial charge on any atom is -0.197 e. The molecule has 0 N–H and O–H groups in total. The SMILES string of the molecule is CSCc1c(C)nsc1C. The summed E-state index contributed by atoms with van der Waals surface area (Å²) in [6.45, 7) is 4.21. The van der Waals surface area contributed by atoms with Crippen LogP contribution in [0.15, 0.2) is 0 Å². The first-order valence-corrected chi connectivity index (χ1v) is 5.33. The van der Waals surface area contributed by atoms with Gasteiger partial charge in [0.1, 0.15) is 0 Å². The third-order valence-electron chi connectivity index (χ3n) is 1.47. The Morgan fingerprint density at radius 3 is 2.60 bits per heavy atom. The van der Waals surface area contributed by atoms with Crippen LogP contribution in [0.25, 0.3) is 0 Å². The number of hydrogen-bond donors (Lipinski definition) is 0. The zero-order chi connectivity index (χ0) is 7.56. The molecule has 3 heteroatoms. The van der Waals surface area contributed by atoms with Gasteiger partial charge in [0.05, 0.1) is 5.69 Å². The molecular weight excluding hydrogens is 162 g/mol. The molecule has 0 radical (unpaired) electrons. The highest BCUT2D eigenvalue weighted by Crippen LogP contribution is 2.20. The Labute approximate surface area is 70.0 Å². The molecule has 0 fully saturated rings. The molecule has 10 heavy (non-hydrogen) atoms. The van der Waals surface area contributed by atoms with Gasteiger partial charge >= 0.3 is 0 Å². The molecule has 1 aromatic heterocycles. The fourth-order valence-electron chi connectivity index (χ4n) is 0.852. The van der Waals surface area contributed by atoms with Gasteiger partial charge in [0.2, 0.25) is 0 Å². The Morgan fingerprint density at radius 1 is 1.50 bits per heavy atom. The van der Waals surface area contributed by atoms with Crippen molar-refractivity contribution >= 4 is 23.3 Å². The largest absolute Gasteiger partial charge is 0.197 e. The van der Waals surface area contributed by atoms with Crippen molar-refractivity contribution in [3.05, 3.63) is 16.1 Å². The molecule has 0 aliphatic carbocycles. The van der Waals surface area contributed by atoms with Crippen LogP contribution in [0.1, 0.15) is 16.1 Å². The third kappa shape index (κ3) is 1.52. The van der Waals surface area contributed by atoms with Gasteiger partial charge < -0.3 is 0 Å². The lowest BCUT2D eigenvalue weighted by molar-refractivity contribution is 1.24. The van der Waals surface area contributed by atoms with E-state index in [0.29, 0.717) is 0 Å². The first-order valence-electron chi connectivity index (χ1n) is 3.16. The quantitative estimate of drug-likeness (QED) is 0.682. The van der Waals surface area contributed by atoms with E-state index < -0.39 is 0 Å². The standard InChI is InChI=1S/C7H11NS2/c1-5-7(4-9-3)6(2)10-8-5/h4H2,1-3H3. The summed E-state index contributed by atoms with van der Waals surface area (Å²) in [4.78, 5) is 1.37. The highest BCUT2D eigenvalue weighted by atomic mass is 32.2. The monoisotopic (exact) mass is 173 g/mol. The summed E-state index contributed by atoms with van der Waals surface area (Å²) in [6, 6.07) is 0. The average molecular weight is 173 g/mol. The highest BCUT2D eigenvalue weighted by Gasteiger charge is 2.04. The third-order valence-corrected chi connectivity index (χ3v) is 2.93. The van der Waals surface area contributed by atoms with Gasteiger partial charge in [-0.15, -0.1) is 0 Å². The van der Waals surface area contributed by atoms with E-state index in [4.69, 9.17) is 0 Å². The van der Waals surface area contributed by atoms with E-state index in [2.05, 4.69) is 24.5 Å². The average Bonchev–Trinajstić information content (AvgIpc) is 2.20. The lowest BCUT2D eigenvalue weighted by Crippen LogP contribution is -1.82. The second-order valence-corrected chi connectivity index (χ2v) is 4.08. The maximum atomic E-state index is 4.26. The second kappa shape index (κ2) is 3.39. The Morgan fingerprint density at radius 2 is 2.20 bits per heavy atom. The fourth-order valence-corrected chi connectivity index (χ4v) is 2.37. The summed E-state index contributed by atoms with van der Waals surface area (Å²) in [6.07, 6.45) is 2.12. The van der Waals surface area contributed by atoms with Crippen LogP contribution in [0, 0.1) is 13.8 Å². The number of aryl methyl sites for hydroxylation is 2. The Kier molecular flexibility index (Phi) is 2.74. The Hall–Kier alpha value is -0.0200. The van der Waals surface area contributed by atoms with E-state index in [0.717, 1.165) is 5.75 Å². The molecule has 0 saturated heterocycles. The lowest BCUT2D eigenvalue weighted by atomic mass is 10.2. The number of rotatable bonds is 2. The molecule has 1 heterocycles. The van der Waals surface area contributed by atoms with Crippen molar-refractivity contribution in [3.63, 3.8) is 0 Å². The van der Waals surface area contributed by atoms with Gasteiger partial charge in [-0.2, -0.15) is 16.1 Å². The normalized spacial score (nSPS) is 10.3. The van der Waals surface area contributed by atoms with E-state index in [-0.39, 0.29) is 0 Å². The summed E-state index contributed by atoms with van der Waals surface area (Å²) in [5.41, 5.74) is 2.63. The predicted molar refractivity (Wildman–Crippen MR) is 48.8 cm³/mol. The maximum absolute atomic E-state index is 4.26. The van der Waals surface area contributed by atoms with Gasteiger partial charge in [-0.25, -0.2) is 0 Å². The molecule has 1 aromatic rings. The molecule has 0 aromatic carbocycles. The topological polar surface area (TPSA) is 12.9 Å².